The Labute approximate surface area is 89.2 Å². The molecule has 1 N–H and O–H groups in total. The van der Waals surface area contributed by atoms with Crippen molar-refractivity contribution in [2.75, 3.05) is 13.2 Å². The van der Waals surface area contributed by atoms with E-state index in [-0.39, 0.29) is 11.5 Å². The second kappa shape index (κ2) is 3.70. The van der Waals surface area contributed by atoms with Crippen LogP contribution in [0.4, 0.5) is 13.2 Å². The number of halogens is 3. The summed E-state index contributed by atoms with van der Waals surface area (Å²) in [5.41, 5.74) is -1.10. The Morgan fingerprint density at radius 1 is 1.31 bits per heavy atom. The molecule has 3 nitrogen and oxygen atoms in total. The number of phenolic OH excluding ortho intramolecular Hbond substituents is 1. The number of rotatable bonds is 1. The quantitative estimate of drug-likeness (QED) is 0.804. The molecule has 0 saturated heterocycles. The summed E-state index contributed by atoms with van der Waals surface area (Å²) in [5, 5.41) is 9.50. The van der Waals surface area contributed by atoms with E-state index in [0.29, 0.717) is 13.2 Å². The number of ether oxygens (including phenoxy) is 1. The lowest BCUT2D eigenvalue weighted by molar-refractivity contribution is -0.138. The summed E-state index contributed by atoms with van der Waals surface area (Å²) in [6.07, 6.45) is -4.58. The summed E-state index contributed by atoms with van der Waals surface area (Å²) < 4.78 is 42.4. The molecule has 6 heteroatoms. The van der Waals surface area contributed by atoms with Crippen LogP contribution in [0, 0.1) is 0 Å². The van der Waals surface area contributed by atoms with Gasteiger partial charge in [0, 0.05) is 0 Å². The zero-order chi connectivity index (χ0) is 11.8. The van der Waals surface area contributed by atoms with Gasteiger partial charge in [0.05, 0.1) is 17.7 Å². The lowest BCUT2D eigenvalue weighted by Crippen LogP contribution is -2.09. The number of benzene rings is 1. The van der Waals surface area contributed by atoms with E-state index in [4.69, 9.17) is 4.74 Å². The van der Waals surface area contributed by atoms with Crippen molar-refractivity contribution in [2.45, 2.75) is 6.18 Å². The molecule has 0 spiro atoms. The number of para-hydroxylation sites is 1. The van der Waals surface area contributed by atoms with Gasteiger partial charge in [-0.25, -0.2) is 4.99 Å². The molecule has 0 radical (unpaired) electrons. The van der Waals surface area contributed by atoms with Crippen LogP contribution < -0.4 is 0 Å². The lowest BCUT2D eigenvalue weighted by Gasteiger charge is -2.11. The average molecular weight is 231 g/mol. The molecule has 16 heavy (non-hydrogen) atoms. The highest BCUT2D eigenvalue weighted by Gasteiger charge is 2.35. The summed E-state index contributed by atoms with van der Waals surface area (Å²) in [6.45, 7) is 0.718. The highest BCUT2D eigenvalue weighted by molar-refractivity contribution is 5.97. The van der Waals surface area contributed by atoms with Gasteiger partial charge in [0.1, 0.15) is 12.4 Å². The highest BCUT2D eigenvalue weighted by atomic mass is 19.4. The van der Waals surface area contributed by atoms with Gasteiger partial charge in [-0.15, -0.1) is 0 Å². The Morgan fingerprint density at radius 3 is 2.62 bits per heavy atom. The third-order valence-electron chi connectivity index (χ3n) is 2.16. The fourth-order valence-electron chi connectivity index (χ4n) is 1.44. The zero-order valence-electron chi connectivity index (χ0n) is 8.08. The van der Waals surface area contributed by atoms with Crippen LogP contribution in [0.2, 0.25) is 0 Å². The topological polar surface area (TPSA) is 41.8 Å². The van der Waals surface area contributed by atoms with Crippen LogP contribution in [0.3, 0.4) is 0 Å². The minimum atomic E-state index is -4.58. The minimum absolute atomic E-state index is 0.0210. The van der Waals surface area contributed by atoms with Gasteiger partial charge < -0.3 is 9.84 Å². The van der Waals surface area contributed by atoms with E-state index in [9.17, 15) is 18.3 Å². The van der Waals surface area contributed by atoms with Crippen molar-refractivity contribution in [1.29, 1.82) is 0 Å². The Kier molecular flexibility index (Phi) is 2.49. The molecule has 0 amide bonds. The third-order valence-corrected chi connectivity index (χ3v) is 2.16. The monoisotopic (exact) mass is 231 g/mol. The molecule has 2 rings (SSSR count). The van der Waals surface area contributed by atoms with Gasteiger partial charge in [0.15, 0.2) is 0 Å². The number of alkyl halides is 3. The van der Waals surface area contributed by atoms with Gasteiger partial charge in [0.25, 0.3) is 0 Å². The molecule has 1 aromatic carbocycles. The number of phenols is 1. The molecule has 0 aromatic heterocycles. The second-order valence-corrected chi connectivity index (χ2v) is 3.23. The molecular formula is C10H8F3NO2. The maximum atomic E-state index is 12.5. The molecule has 0 saturated carbocycles. The zero-order valence-corrected chi connectivity index (χ0v) is 8.08. The van der Waals surface area contributed by atoms with Gasteiger partial charge in [-0.2, -0.15) is 13.2 Å². The molecule has 0 unspecified atom stereocenters. The summed E-state index contributed by atoms with van der Waals surface area (Å²) in [6, 6.07) is 3.37. The molecule has 0 aliphatic carbocycles. The van der Waals surface area contributed by atoms with Crippen molar-refractivity contribution in [2.24, 2.45) is 4.99 Å². The van der Waals surface area contributed by atoms with Gasteiger partial charge in [-0.3, -0.25) is 0 Å². The summed E-state index contributed by atoms with van der Waals surface area (Å²) in [7, 11) is 0. The van der Waals surface area contributed by atoms with Crippen molar-refractivity contribution < 1.29 is 23.0 Å². The summed E-state index contributed by atoms with van der Waals surface area (Å²) in [5.74, 6) is -0.778. The van der Waals surface area contributed by atoms with Crippen LogP contribution >= 0.6 is 0 Å². The fraction of sp³-hybridized carbons (Fsp3) is 0.300. The number of hydrogen-bond donors (Lipinski definition) is 1. The van der Waals surface area contributed by atoms with Crippen molar-refractivity contribution in [3.05, 3.63) is 29.3 Å². The molecule has 1 aromatic rings. The van der Waals surface area contributed by atoms with Crippen LogP contribution in [0.5, 0.6) is 5.75 Å². The SMILES string of the molecule is Oc1c(C2=NCCO2)cccc1C(F)(F)F. The second-order valence-electron chi connectivity index (χ2n) is 3.23. The standard InChI is InChI=1S/C10H8F3NO2/c11-10(12,13)7-3-1-2-6(8(7)15)9-14-4-5-16-9/h1-3,15H,4-5H2. The van der Waals surface area contributed by atoms with Gasteiger partial charge in [-0.05, 0) is 12.1 Å². The first-order valence-corrected chi connectivity index (χ1v) is 4.57. The van der Waals surface area contributed by atoms with E-state index >= 15 is 0 Å². The van der Waals surface area contributed by atoms with Crippen molar-refractivity contribution in [1.82, 2.24) is 0 Å². The Hall–Kier alpha value is -1.72. The molecule has 86 valence electrons. The molecule has 1 aliphatic rings. The lowest BCUT2D eigenvalue weighted by atomic mass is 10.1. The van der Waals surface area contributed by atoms with E-state index in [0.717, 1.165) is 6.07 Å². The molecule has 0 atom stereocenters. The Morgan fingerprint density at radius 2 is 2.06 bits per heavy atom. The third kappa shape index (κ3) is 1.82. The highest BCUT2D eigenvalue weighted by Crippen LogP contribution is 2.37. The predicted molar refractivity (Wildman–Crippen MR) is 50.5 cm³/mol. The van der Waals surface area contributed by atoms with E-state index in [1.165, 1.54) is 12.1 Å². The summed E-state index contributed by atoms with van der Waals surface area (Å²) >= 11 is 0. The molecule has 1 aliphatic heterocycles. The first kappa shape index (κ1) is 10.8. The van der Waals surface area contributed by atoms with E-state index in [2.05, 4.69) is 4.99 Å². The van der Waals surface area contributed by atoms with Gasteiger partial charge in [0.2, 0.25) is 5.90 Å². The molecule has 1 heterocycles. The predicted octanol–water partition coefficient (Wildman–Crippen LogP) is 2.19. The van der Waals surface area contributed by atoms with Crippen molar-refractivity contribution in [3.8, 4) is 5.75 Å². The van der Waals surface area contributed by atoms with Crippen LogP contribution in [0.15, 0.2) is 23.2 Å². The van der Waals surface area contributed by atoms with Crippen LogP contribution in [0.25, 0.3) is 0 Å². The Bertz CT molecular complexity index is 440. The first-order chi connectivity index (χ1) is 7.50. The maximum Gasteiger partial charge on any atom is 0.419 e. The first-order valence-electron chi connectivity index (χ1n) is 4.57. The Balaban J connectivity index is 2.48. The van der Waals surface area contributed by atoms with E-state index < -0.39 is 17.5 Å². The largest absolute Gasteiger partial charge is 0.506 e. The summed E-state index contributed by atoms with van der Waals surface area (Å²) in [4.78, 5) is 3.86. The van der Waals surface area contributed by atoms with Gasteiger partial charge >= 0.3 is 6.18 Å². The van der Waals surface area contributed by atoms with Crippen molar-refractivity contribution in [3.63, 3.8) is 0 Å². The van der Waals surface area contributed by atoms with Crippen molar-refractivity contribution >= 4 is 5.90 Å². The number of aromatic hydroxyl groups is 1. The van der Waals surface area contributed by atoms with Crippen LogP contribution in [-0.4, -0.2) is 24.2 Å². The smallest absolute Gasteiger partial charge is 0.419 e. The van der Waals surface area contributed by atoms with E-state index in [1.54, 1.807) is 0 Å². The number of aliphatic imine (C=N–C) groups is 1. The molecule has 0 fully saturated rings. The fourth-order valence-corrected chi connectivity index (χ4v) is 1.44. The number of hydrogen-bond acceptors (Lipinski definition) is 3. The molecule has 0 bridgehead atoms. The van der Waals surface area contributed by atoms with Crippen LogP contribution in [-0.2, 0) is 10.9 Å². The van der Waals surface area contributed by atoms with Crippen LogP contribution in [0.1, 0.15) is 11.1 Å². The average Bonchev–Trinajstić information content (AvgIpc) is 2.69. The molecular weight excluding hydrogens is 223 g/mol. The minimum Gasteiger partial charge on any atom is -0.506 e. The van der Waals surface area contributed by atoms with Gasteiger partial charge in [-0.1, -0.05) is 6.07 Å². The normalized spacial score (nSPS) is 15.8. The maximum absolute atomic E-state index is 12.5. The van der Waals surface area contributed by atoms with E-state index in [1.807, 2.05) is 0 Å². The number of nitrogens with zero attached hydrogens (tertiary/aromatic N) is 1.